The summed E-state index contributed by atoms with van der Waals surface area (Å²) >= 11 is 0. The molecule has 0 spiro atoms. The van der Waals surface area contributed by atoms with Crippen LogP contribution in [-0.2, 0) is 19.6 Å². The van der Waals surface area contributed by atoms with Gasteiger partial charge in [0.25, 0.3) is 0 Å². The molecular weight excluding hydrogens is 283 g/mol. The summed E-state index contributed by atoms with van der Waals surface area (Å²) in [6, 6.07) is 4.63. The first-order chi connectivity index (χ1) is 10.6. The molecule has 0 amide bonds. The van der Waals surface area contributed by atoms with Crippen LogP contribution in [0.2, 0.25) is 0 Å². The Balaban J connectivity index is 1.77. The predicted octanol–water partition coefficient (Wildman–Crippen LogP) is 2.57. The van der Waals surface area contributed by atoms with E-state index in [1.54, 1.807) is 13.2 Å². The van der Waals surface area contributed by atoms with E-state index in [2.05, 4.69) is 33.5 Å². The minimum atomic E-state index is -0.238. The molecule has 1 aliphatic heterocycles. The molecule has 0 N–H and O–H groups in total. The maximum absolute atomic E-state index is 13.5. The number of benzene rings is 1. The van der Waals surface area contributed by atoms with Crippen LogP contribution in [0.3, 0.4) is 0 Å². The Kier molecular flexibility index (Phi) is 4.11. The maximum atomic E-state index is 13.5. The molecular formula is C16H21FN4O. The quantitative estimate of drug-likeness (QED) is 0.871. The van der Waals surface area contributed by atoms with Crippen molar-refractivity contribution in [3.8, 4) is 5.75 Å². The summed E-state index contributed by atoms with van der Waals surface area (Å²) in [7, 11) is 1.61. The van der Waals surface area contributed by atoms with Crippen LogP contribution in [-0.4, -0.2) is 33.3 Å². The fourth-order valence-electron chi connectivity index (χ4n) is 2.90. The minimum Gasteiger partial charge on any atom is -0.496 e. The second-order valence-corrected chi connectivity index (χ2v) is 5.95. The van der Waals surface area contributed by atoms with Gasteiger partial charge in [0.15, 0.2) is 0 Å². The first-order valence-electron chi connectivity index (χ1n) is 7.55. The lowest BCUT2D eigenvalue weighted by Gasteiger charge is -2.28. The number of ether oxygens (including phenoxy) is 1. The van der Waals surface area contributed by atoms with Gasteiger partial charge in [0.1, 0.15) is 23.2 Å². The fourth-order valence-corrected chi connectivity index (χ4v) is 2.90. The number of hydrogen-bond acceptors (Lipinski definition) is 4. The van der Waals surface area contributed by atoms with E-state index in [1.807, 2.05) is 0 Å². The van der Waals surface area contributed by atoms with Crippen LogP contribution in [0.4, 0.5) is 4.39 Å². The summed E-state index contributed by atoms with van der Waals surface area (Å²) in [6.07, 6.45) is 0. The van der Waals surface area contributed by atoms with Crippen LogP contribution in [0, 0.1) is 5.82 Å². The van der Waals surface area contributed by atoms with Crippen molar-refractivity contribution in [3.05, 3.63) is 41.2 Å². The molecule has 6 heteroatoms. The maximum Gasteiger partial charge on any atom is 0.147 e. The van der Waals surface area contributed by atoms with Crippen molar-refractivity contribution in [2.45, 2.75) is 39.4 Å². The van der Waals surface area contributed by atoms with Crippen molar-refractivity contribution in [2.75, 3.05) is 13.7 Å². The second-order valence-electron chi connectivity index (χ2n) is 5.95. The Morgan fingerprint density at radius 2 is 2.09 bits per heavy atom. The molecule has 0 saturated carbocycles. The van der Waals surface area contributed by atoms with Crippen molar-refractivity contribution in [2.24, 2.45) is 0 Å². The van der Waals surface area contributed by atoms with Crippen LogP contribution in [0.15, 0.2) is 18.2 Å². The monoisotopic (exact) mass is 304 g/mol. The van der Waals surface area contributed by atoms with Gasteiger partial charge in [-0.25, -0.2) is 4.39 Å². The largest absolute Gasteiger partial charge is 0.496 e. The number of nitrogens with zero attached hydrogens (tertiary/aromatic N) is 4. The van der Waals surface area contributed by atoms with Crippen LogP contribution >= 0.6 is 0 Å². The molecule has 0 atom stereocenters. The zero-order valence-electron chi connectivity index (χ0n) is 13.2. The number of hydrogen-bond donors (Lipinski definition) is 0. The van der Waals surface area contributed by atoms with Crippen LogP contribution in [0.5, 0.6) is 5.75 Å². The van der Waals surface area contributed by atoms with Gasteiger partial charge in [0.2, 0.25) is 0 Å². The Morgan fingerprint density at radius 3 is 2.82 bits per heavy atom. The highest BCUT2D eigenvalue weighted by molar-refractivity contribution is 5.33. The molecule has 0 saturated heterocycles. The number of fused-ring (bicyclic) bond motifs is 1. The van der Waals surface area contributed by atoms with Crippen LogP contribution in [0.1, 0.15) is 37.0 Å². The van der Waals surface area contributed by atoms with Crippen LogP contribution < -0.4 is 4.74 Å². The lowest BCUT2D eigenvalue weighted by Crippen LogP contribution is -2.34. The molecule has 5 nitrogen and oxygen atoms in total. The van der Waals surface area contributed by atoms with Gasteiger partial charge in [-0.05, 0) is 18.2 Å². The van der Waals surface area contributed by atoms with Crippen LogP contribution in [0.25, 0.3) is 0 Å². The Morgan fingerprint density at radius 1 is 1.27 bits per heavy atom. The van der Waals surface area contributed by atoms with Gasteiger partial charge in [-0.2, -0.15) is 0 Å². The highest BCUT2D eigenvalue weighted by Gasteiger charge is 2.23. The summed E-state index contributed by atoms with van der Waals surface area (Å²) in [5, 5.41) is 8.58. The highest BCUT2D eigenvalue weighted by atomic mass is 19.1. The molecule has 3 rings (SSSR count). The molecule has 2 heterocycles. The molecule has 0 fully saturated rings. The summed E-state index contributed by atoms with van der Waals surface area (Å²) in [4.78, 5) is 2.24. The normalized spacial score (nSPS) is 15.1. The van der Waals surface area contributed by atoms with Gasteiger partial charge < -0.3 is 9.30 Å². The Labute approximate surface area is 129 Å². The predicted molar refractivity (Wildman–Crippen MR) is 81.2 cm³/mol. The average Bonchev–Trinajstić information content (AvgIpc) is 2.91. The molecule has 1 aromatic heterocycles. The number of methoxy groups -OCH3 is 1. The molecule has 118 valence electrons. The van der Waals surface area contributed by atoms with E-state index < -0.39 is 0 Å². The van der Waals surface area contributed by atoms with Gasteiger partial charge in [-0.15, -0.1) is 10.2 Å². The van der Waals surface area contributed by atoms with Crippen molar-refractivity contribution < 1.29 is 9.13 Å². The molecule has 1 aliphatic rings. The molecule has 0 unspecified atom stereocenters. The molecule has 0 bridgehead atoms. The third-order valence-electron chi connectivity index (χ3n) is 4.01. The average molecular weight is 304 g/mol. The Hall–Kier alpha value is -1.95. The van der Waals surface area contributed by atoms with E-state index in [4.69, 9.17) is 4.74 Å². The fraction of sp³-hybridized carbons (Fsp3) is 0.500. The van der Waals surface area contributed by atoms with Crippen molar-refractivity contribution >= 4 is 0 Å². The second kappa shape index (κ2) is 6.04. The summed E-state index contributed by atoms with van der Waals surface area (Å²) < 4.78 is 21.0. The first-order valence-corrected chi connectivity index (χ1v) is 7.55. The third-order valence-corrected chi connectivity index (χ3v) is 4.01. The summed E-state index contributed by atoms with van der Waals surface area (Å²) in [6.45, 7) is 7.38. The van der Waals surface area contributed by atoms with E-state index >= 15 is 0 Å². The molecule has 0 radical (unpaired) electrons. The van der Waals surface area contributed by atoms with Crippen molar-refractivity contribution in [1.82, 2.24) is 19.7 Å². The number of rotatable bonds is 4. The summed E-state index contributed by atoms with van der Waals surface area (Å²) in [5.74, 6) is 2.87. The van der Waals surface area contributed by atoms with Gasteiger partial charge in [-0.3, -0.25) is 4.90 Å². The van der Waals surface area contributed by atoms with Gasteiger partial charge >= 0.3 is 0 Å². The highest BCUT2D eigenvalue weighted by Crippen LogP contribution is 2.24. The lowest BCUT2D eigenvalue weighted by atomic mass is 10.1. The number of aromatic nitrogens is 3. The van der Waals surface area contributed by atoms with E-state index in [0.717, 1.165) is 42.6 Å². The minimum absolute atomic E-state index is 0.238. The zero-order valence-corrected chi connectivity index (χ0v) is 13.2. The van der Waals surface area contributed by atoms with Crippen molar-refractivity contribution in [3.63, 3.8) is 0 Å². The molecule has 1 aromatic carbocycles. The summed E-state index contributed by atoms with van der Waals surface area (Å²) in [5.41, 5.74) is 0.861. The first kappa shape index (κ1) is 15.0. The Bertz CT molecular complexity index is 668. The zero-order chi connectivity index (χ0) is 15.7. The van der Waals surface area contributed by atoms with Crippen molar-refractivity contribution in [1.29, 1.82) is 0 Å². The van der Waals surface area contributed by atoms with E-state index in [0.29, 0.717) is 12.5 Å². The molecule has 0 aliphatic carbocycles. The molecule has 22 heavy (non-hydrogen) atoms. The van der Waals surface area contributed by atoms with Gasteiger partial charge in [0.05, 0.1) is 13.7 Å². The van der Waals surface area contributed by atoms with Gasteiger partial charge in [0, 0.05) is 31.1 Å². The number of halogens is 1. The lowest BCUT2D eigenvalue weighted by molar-refractivity contribution is 0.204. The SMILES string of the molecule is COc1ccc(F)cc1CN1CCn2c(nnc2C(C)C)C1. The third kappa shape index (κ3) is 2.83. The van der Waals surface area contributed by atoms with E-state index in [9.17, 15) is 4.39 Å². The van der Waals surface area contributed by atoms with Gasteiger partial charge in [-0.1, -0.05) is 13.8 Å². The topological polar surface area (TPSA) is 43.2 Å². The van der Waals surface area contributed by atoms with E-state index in [1.165, 1.54) is 12.1 Å². The molecule has 2 aromatic rings. The van der Waals surface area contributed by atoms with E-state index in [-0.39, 0.29) is 5.82 Å². The standard InChI is InChI=1S/C16H21FN4O/c1-11(2)16-19-18-15-10-20(6-7-21(15)16)9-12-8-13(17)4-5-14(12)22-3/h4-5,8,11H,6-7,9-10H2,1-3H3. The smallest absolute Gasteiger partial charge is 0.147 e.